The molecule has 5 rings (SSSR count). The van der Waals surface area contributed by atoms with E-state index in [1.807, 2.05) is 37.4 Å². The Morgan fingerprint density at radius 1 is 1.31 bits per heavy atom. The SMILES string of the molecule is COc1ncccc1-c1cc2c(N3C[C@@H](C)[C@@](C#N)(C4CC4)C3=O)ccnn2c1. The van der Waals surface area contributed by atoms with Crippen LogP contribution in [0.5, 0.6) is 5.88 Å². The molecule has 3 aromatic heterocycles. The first-order chi connectivity index (χ1) is 14.1. The lowest BCUT2D eigenvalue weighted by Gasteiger charge is -2.23. The molecule has 7 heteroatoms. The Labute approximate surface area is 168 Å². The number of pyridine rings is 1. The van der Waals surface area contributed by atoms with Gasteiger partial charge in [-0.1, -0.05) is 6.92 Å². The number of aromatic nitrogens is 3. The molecule has 4 heterocycles. The third kappa shape index (κ3) is 2.45. The number of carbonyl (C=O) groups excluding carboxylic acids is 1. The predicted molar refractivity (Wildman–Crippen MR) is 107 cm³/mol. The summed E-state index contributed by atoms with van der Waals surface area (Å²) in [5.74, 6) is 0.631. The number of rotatable bonds is 4. The highest BCUT2D eigenvalue weighted by atomic mass is 16.5. The van der Waals surface area contributed by atoms with Crippen LogP contribution in [0, 0.1) is 28.6 Å². The van der Waals surface area contributed by atoms with Crippen LogP contribution >= 0.6 is 0 Å². The third-order valence-corrected chi connectivity index (χ3v) is 6.29. The quantitative estimate of drug-likeness (QED) is 0.686. The maximum Gasteiger partial charge on any atom is 0.248 e. The Morgan fingerprint density at radius 2 is 2.14 bits per heavy atom. The number of methoxy groups -OCH3 is 1. The Bertz CT molecular complexity index is 1160. The largest absolute Gasteiger partial charge is 0.481 e. The van der Waals surface area contributed by atoms with Crippen molar-refractivity contribution in [1.29, 1.82) is 5.26 Å². The minimum atomic E-state index is -0.901. The van der Waals surface area contributed by atoms with Crippen molar-refractivity contribution in [2.24, 2.45) is 17.3 Å². The van der Waals surface area contributed by atoms with Crippen LogP contribution in [0.4, 0.5) is 5.69 Å². The number of nitrogens with zero attached hydrogens (tertiary/aromatic N) is 5. The molecule has 0 radical (unpaired) electrons. The summed E-state index contributed by atoms with van der Waals surface area (Å²) in [5, 5.41) is 14.3. The first-order valence-electron chi connectivity index (χ1n) is 9.80. The van der Waals surface area contributed by atoms with Crippen LogP contribution in [0.2, 0.25) is 0 Å². The van der Waals surface area contributed by atoms with Crippen molar-refractivity contribution in [3.05, 3.63) is 42.9 Å². The number of carbonyl (C=O) groups is 1. The lowest BCUT2D eigenvalue weighted by atomic mass is 9.75. The minimum Gasteiger partial charge on any atom is -0.481 e. The standard InChI is InChI=1S/C22H21N5O2/c1-14-11-26(21(28)22(14,13-23)16-5-6-16)18-7-9-25-27-12-15(10-19(18)27)17-4-3-8-24-20(17)29-2/h3-4,7-10,12,14,16H,5-6,11H2,1-2H3/t14-,22+/m1/s1. The molecule has 29 heavy (non-hydrogen) atoms. The summed E-state index contributed by atoms with van der Waals surface area (Å²) in [6.45, 7) is 2.56. The maximum absolute atomic E-state index is 13.4. The topological polar surface area (TPSA) is 83.5 Å². The van der Waals surface area contributed by atoms with E-state index in [4.69, 9.17) is 4.74 Å². The molecular formula is C22H21N5O2. The molecule has 0 aromatic carbocycles. The van der Waals surface area contributed by atoms with Crippen LogP contribution in [0.25, 0.3) is 16.6 Å². The second-order valence-corrected chi connectivity index (χ2v) is 7.91. The molecule has 1 aliphatic heterocycles. The van der Waals surface area contributed by atoms with Crippen molar-refractivity contribution in [2.45, 2.75) is 19.8 Å². The summed E-state index contributed by atoms with van der Waals surface area (Å²) >= 11 is 0. The number of hydrogen-bond donors (Lipinski definition) is 0. The highest BCUT2D eigenvalue weighted by molar-refractivity contribution is 6.05. The fraction of sp³-hybridized carbons (Fsp3) is 0.364. The molecule has 2 atom stereocenters. The molecule has 0 spiro atoms. The summed E-state index contributed by atoms with van der Waals surface area (Å²) < 4.78 is 7.15. The second-order valence-electron chi connectivity index (χ2n) is 7.91. The summed E-state index contributed by atoms with van der Waals surface area (Å²) in [7, 11) is 1.59. The Balaban J connectivity index is 1.61. The van der Waals surface area contributed by atoms with Crippen LogP contribution in [0.1, 0.15) is 19.8 Å². The molecule has 1 amide bonds. The van der Waals surface area contributed by atoms with Crippen LogP contribution in [0.15, 0.2) is 42.9 Å². The lowest BCUT2D eigenvalue weighted by molar-refractivity contribution is -0.124. The van der Waals surface area contributed by atoms with E-state index in [0.717, 1.165) is 35.2 Å². The zero-order valence-corrected chi connectivity index (χ0v) is 16.4. The van der Waals surface area contributed by atoms with Gasteiger partial charge in [0.05, 0.1) is 24.4 Å². The fourth-order valence-corrected chi connectivity index (χ4v) is 4.66. The molecule has 7 nitrogen and oxygen atoms in total. The van der Waals surface area contributed by atoms with Gasteiger partial charge < -0.3 is 9.64 Å². The molecule has 146 valence electrons. The smallest absolute Gasteiger partial charge is 0.248 e. The monoisotopic (exact) mass is 387 g/mol. The van der Waals surface area contributed by atoms with Gasteiger partial charge in [0.1, 0.15) is 5.41 Å². The van der Waals surface area contributed by atoms with E-state index >= 15 is 0 Å². The molecule has 2 aliphatic rings. The third-order valence-electron chi connectivity index (χ3n) is 6.29. The van der Waals surface area contributed by atoms with E-state index in [-0.39, 0.29) is 17.7 Å². The highest BCUT2D eigenvalue weighted by Crippen LogP contribution is 2.54. The predicted octanol–water partition coefficient (Wildman–Crippen LogP) is 3.31. The lowest BCUT2D eigenvalue weighted by Crippen LogP contribution is -2.37. The first-order valence-corrected chi connectivity index (χ1v) is 9.80. The molecule has 0 unspecified atom stereocenters. The number of anilines is 1. The van der Waals surface area contributed by atoms with E-state index in [1.54, 1.807) is 28.9 Å². The van der Waals surface area contributed by atoms with Crippen molar-refractivity contribution in [3.63, 3.8) is 0 Å². The van der Waals surface area contributed by atoms with Crippen LogP contribution in [-0.2, 0) is 4.79 Å². The van der Waals surface area contributed by atoms with Gasteiger partial charge in [0.15, 0.2) is 0 Å². The minimum absolute atomic E-state index is 0.00596. The molecule has 2 fully saturated rings. The summed E-state index contributed by atoms with van der Waals surface area (Å²) in [4.78, 5) is 19.5. The summed E-state index contributed by atoms with van der Waals surface area (Å²) in [5.41, 5.74) is 2.46. The number of amides is 1. The van der Waals surface area contributed by atoms with Crippen LogP contribution < -0.4 is 9.64 Å². The van der Waals surface area contributed by atoms with Crippen molar-refractivity contribution >= 4 is 17.1 Å². The number of nitriles is 1. The second kappa shape index (κ2) is 6.31. The van der Waals surface area contributed by atoms with Gasteiger partial charge in [0.2, 0.25) is 11.8 Å². The van der Waals surface area contributed by atoms with Crippen molar-refractivity contribution < 1.29 is 9.53 Å². The molecule has 1 aliphatic carbocycles. The van der Waals surface area contributed by atoms with Gasteiger partial charge in [-0.05, 0) is 43.0 Å². The number of hydrogen-bond acceptors (Lipinski definition) is 5. The van der Waals surface area contributed by atoms with Gasteiger partial charge in [-0.3, -0.25) is 4.79 Å². The van der Waals surface area contributed by atoms with Gasteiger partial charge in [0, 0.05) is 42.2 Å². The van der Waals surface area contributed by atoms with Crippen molar-refractivity contribution in [1.82, 2.24) is 14.6 Å². The Morgan fingerprint density at radius 3 is 2.86 bits per heavy atom. The average Bonchev–Trinajstić information content (AvgIpc) is 3.44. The normalized spacial score (nSPS) is 24.1. The first kappa shape index (κ1) is 17.7. The van der Waals surface area contributed by atoms with E-state index in [9.17, 15) is 10.1 Å². The zero-order valence-electron chi connectivity index (χ0n) is 16.4. The molecule has 0 bridgehead atoms. The van der Waals surface area contributed by atoms with E-state index in [1.165, 1.54) is 0 Å². The molecule has 1 saturated heterocycles. The van der Waals surface area contributed by atoms with Crippen molar-refractivity contribution in [3.8, 4) is 23.1 Å². The van der Waals surface area contributed by atoms with Crippen LogP contribution in [-0.4, -0.2) is 34.2 Å². The molecule has 0 N–H and O–H groups in total. The van der Waals surface area contributed by atoms with E-state index in [0.29, 0.717) is 12.4 Å². The van der Waals surface area contributed by atoms with Crippen LogP contribution in [0.3, 0.4) is 0 Å². The maximum atomic E-state index is 13.4. The highest BCUT2D eigenvalue weighted by Gasteiger charge is 2.61. The van der Waals surface area contributed by atoms with Gasteiger partial charge in [-0.15, -0.1) is 0 Å². The van der Waals surface area contributed by atoms with Gasteiger partial charge in [0.25, 0.3) is 0 Å². The fourth-order valence-electron chi connectivity index (χ4n) is 4.66. The Kier molecular flexibility index (Phi) is 3.85. The van der Waals surface area contributed by atoms with Gasteiger partial charge >= 0.3 is 0 Å². The molecule has 3 aromatic rings. The molecule has 1 saturated carbocycles. The summed E-state index contributed by atoms with van der Waals surface area (Å²) in [6.07, 6.45) is 7.19. The zero-order chi connectivity index (χ0) is 20.2. The number of ether oxygens (including phenoxy) is 1. The van der Waals surface area contributed by atoms with Gasteiger partial charge in [-0.2, -0.15) is 10.4 Å². The van der Waals surface area contributed by atoms with E-state index in [2.05, 4.69) is 16.2 Å². The summed E-state index contributed by atoms with van der Waals surface area (Å²) in [6, 6.07) is 10.0. The van der Waals surface area contributed by atoms with Gasteiger partial charge in [-0.25, -0.2) is 9.50 Å². The average molecular weight is 387 g/mol. The Hall–Kier alpha value is -3.40. The molecular weight excluding hydrogens is 366 g/mol. The number of fused-ring (bicyclic) bond motifs is 1. The van der Waals surface area contributed by atoms with E-state index < -0.39 is 5.41 Å². The van der Waals surface area contributed by atoms with Crippen molar-refractivity contribution in [2.75, 3.05) is 18.6 Å².